The highest BCUT2D eigenvalue weighted by atomic mass is 32.2. The Balaban J connectivity index is 1.56. The minimum Gasteiger partial charge on any atom is -0.497 e. The van der Waals surface area contributed by atoms with E-state index in [-0.39, 0.29) is 16.8 Å². The molecule has 1 saturated heterocycles. The van der Waals surface area contributed by atoms with E-state index in [9.17, 15) is 13.2 Å². The van der Waals surface area contributed by atoms with Gasteiger partial charge in [0.05, 0.1) is 12.0 Å². The quantitative estimate of drug-likeness (QED) is 0.552. The molecule has 1 N–H and O–H groups in total. The molecule has 0 radical (unpaired) electrons. The van der Waals surface area contributed by atoms with Crippen molar-refractivity contribution in [3.63, 3.8) is 0 Å². The third kappa shape index (κ3) is 5.20. The molecule has 1 fully saturated rings. The normalized spacial score (nSPS) is 15.9. The van der Waals surface area contributed by atoms with Gasteiger partial charge in [-0.1, -0.05) is 36.4 Å². The van der Waals surface area contributed by atoms with Crippen LogP contribution in [0.5, 0.6) is 5.75 Å². The zero-order valence-corrected chi connectivity index (χ0v) is 19.6. The van der Waals surface area contributed by atoms with Crippen molar-refractivity contribution < 1.29 is 17.9 Å². The summed E-state index contributed by atoms with van der Waals surface area (Å²) in [6.45, 7) is 2.40. The number of anilines is 1. The van der Waals surface area contributed by atoms with Crippen LogP contribution in [0.1, 0.15) is 34.3 Å². The van der Waals surface area contributed by atoms with Gasteiger partial charge in [-0.2, -0.15) is 0 Å². The molecule has 0 aromatic heterocycles. The second kappa shape index (κ2) is 9.67. The van der Waals surface area contributed by atoms with Gasteiger partial charge in [-0.15, -0.1) is 0 Å². The van der Waals surface area contributed by atoms with Crippen LogP contribution in [0.3, 0.4) is 0 Å². The number of sulfonamides is 1. The number of likely N-dealkylation sites (tertiary alicyclic amines) is 1. The van der Waals surface area contributed by atoms with Crippen molar-refractivity contribution >= 4 is 21.6 Å². The van der Waals surface area contributed by atoms with Gasteiger partial charge in [-0.05, 0) is 73.7 Å². The number of nitrogens with one attached hydrogen (secondary N) is 1. The van der Waals surface area contributed by atoms with Gasteiger partial charge in [0, 0.05) is 23.8 Å². The fraction of sp³-hybridized carbons (Fsp3) is 0.269. The lowest BCUT2D eigenvalue weighted by Gasteiger charge is -2.25. The Bertz CT molecular complexity index is 1220. The molecule has 0 bridgehead atoms. The van der Waals surface area contributed by atoms with Gasteiger partial charge in [0.25, 0.3) is 15.9 Å². The smallest absolute Gasteiger partial charge is 0.262 e. The highest BCUT2D eigenvalue weighted by Crippen LogP contribution is 2.26. The predicted molar refractivity (Wildman–Crippen MR) is 129 cm³/mol. The molecule has 4 rings (SSSR count). The summed E-state index contributed by atoms with van der Waals surface area (Å²) in [6, 6.07) is 21.8. The summed E-state index contributed by atoms with van der Waals surface area (Å²) >= 11 is 0. The van der Waals surface area contributed by atoms with Gasteiger partial charge in [0.1, 0.15) is 5.75 Å². The number of carbonyl (C=O) groups excluding carboxylic acids is 1. The molecule has 6 nitrogen and oxygen atoms in total. The third-order valence-electron chi connectivity index (χ3n) is 6.02. The number of nitrogens with zero attached hydrogens (tertiary/aromatic N) is 1. The van der Waals surface area contributed by atoms with Crippen molar-refractivity contribution in [3.8, 4) is 5.75 Å². The first-order chi connectivity index (χ1) is 15.9. The van der Waals surface area contributed by atoms with Crippen molar-refractivity contribution in [3.05, 3.63) is 89.5 Å². The Morgan fingerprint density at radius 1 is 1.06 bits per heavy atom. The number of hydrogen-bond acceptors (Lipinski definition) is 4. The molecule has 33 heavy (non-hydrogen) atoms. The predicted octanol–water partition coefficient (Wildman–Crippen LogP) is 4.65. The lowest BCUT2D eigenvalue weighted by molar-refractivity contribution is 0.0736. The monoisotopic (exact) mass is 464 g/mol. The van der Waals surface area contributed by atoms with E-state index in [0.717, 1.165) is 19.3 Å². The van der Waals surface area contributed by atoms with E-state index in [2.05, 4.69) is 16.9 Å². The maximum absolute atomic E-state index is 13.4. The summed E-state index contributed by atoms with van der Waals surface area (Å²) in [5.74, 6) is 0.506. The minimum atomic E-state index is -3.87. The number of carbonyl (C=O) groups is 1. The summed E-state index contributed by atoms with van der Waals surface area (Å²) < 4.78 is 33.9. The number of benzene rings is 3. The van der Waals surface area contributed by atoms with Crippen molar-refractivity contribution in [2.75, 3.05) is 18.4 Å². The maximum atomic E-state index is 13.4. The highest BCUT2D eigenvalue weighted by Gasteiger charge is 2.30. The highest BCUT2D eigenvalue weighted by molar-refractivity contribution is 7.92. The summed E-state index contributed by atoms with van der Waals surface area (Å²) in [6.07, 6.45) is 2.68. The van der Waals surface area contributed by atoms with Gasteiger partial charge in [-0.25, -0.2) is 8.42 Å². The summed E-state index contributed by atoms with van der Waals surface area (Å²) in [7, 11) is -2.32. The van der Waals surface area contributed by atoms with E-state index in [1.54, 1.807) is 50.4 Å². The largest absolute Gasteiger partial charge is 0.497 e. The zero-order chi connectivity index (χ0) is 23.4. The molecule has 1 heterocycles. The van der Waals surface area contributed by atoms with Crippen molar-refractivity contribution in [1.82, 2.24) is 4.90 Å². The van der Waals surface area contributed by atoms with Gasteiger partial charge in [0.15, 0.2) is 0 Å². The number of hydrogen-bond donors (Lipinski definition) is 1. The number of rotatable bonds is 7. The van der Waals surface area contributed by atoms with Gasteiger partial charge in [0.2, 0.25) is 0 Å². The van der Waals surface area contributed by atoms with E-state index in [1.165, 1.54) is 11.6 Å². The summed E-state index contributed by atoms with van der Waals surface area (Å²) in [5.41, 5.74) is 2.58. The van der Waals surface area contributed by atoms with Crippen molar-refractivity contribution in [1.29, 1.82) is 0 Å². The Kier molecular flexibility index (Phi) is 6.70. The van der Waals surface area contributed by atoms with Crippen LogP contribution in [0.25, 0.3) is 0 Å². The van der Waals surface area contributed by atoms with Crippen LogP contribution >= 0.6 is 0 Å². The van der Waals surface area contributed by atoms with Crippen LogP contribution in [-0.2, 0) is 16.4 Å². The van der Waals surface area contributed by atoms with E-state index in [1.807, 2.05) is 23.1 Å². The zero-order valence-electron chi connectivity index (χ0n) is 18.8. The topological polar surface area (TPSA) is 75.7 Å². The molecule has 1 aliphatic rings. The molecule has 0 spiro atoms. The molecule has 1 unspecified atom stereocenters. The first kappa shape index (κ1) is 22.9. The second-order valence-corrected chi connectivity index (χ2v) is 9.95. The van der Waals surface area contributed by atoms with Crippen LogP contribution in [0, 0.1) is 6.92 Å². The first-order valence-electron chi connectivity index (χ1n) is 11.0. The standard InChI is InChI=1S/C26H28N2O4S/c1-19-10-11-21(18-25(19)33(30,31)27-22-12-14-24(32-2)15-13-22)26(29)28-16-6-9-23(28)17-20-7-4-3-5-8-20/h3-5,7-8,10-15,18,23,27H,6,9,16-17H2,1-2H3. The van der Waals surface area contributed by atoms with Gasteiger partial charge < -0.3 is 9.64 Å². The molecule has 3 aromatic rings. The lowest BCUT2D eigenvalue weighted by Crippen LogP contribution is -2.37. The summed E-state index contributed by atoms with van der Waals surface area (Å²) in [5, 5.41) is 0. The molecular formula is C26H28N2O4S. The number of methoxy groups -OCH3 is 1. The van der Waals surface area contributed by atoms with E-state index in [0.29, 0.717) is 29.1 Å². The molecule has 0 saturated carbocycles. The molecule has 1 amide bonds. The lowest BCUT2D eigenvalue weighted by atomic mass is 10.0. The molecular weight excluding hydrogens is 436 g/mol. The Labute approximate surface area is 195 Å². The van der Waals surface area contributed by atoms with E-state index < -0.39 is 10.0 Å². The molecule has 1 aliphatic heterocycles. The molecule has 3 aromatic carbocycles. The molecule has 172 valence electrons. The van der Waals surface area contributed by atoms with Crippen molar-refractivity contribution in [2.45, 2.75) is 37.1 Å². The van der Waals surface area contributed by atoms with Crippen LogP contribution in [0.2, 0.25) is 0 Å². The average molecular weight is 465 g/mol. The Morgan fingerprint density at radius 3 is 2.48 bits per heavy atom. The average Bonchev–Trinajstić information content (AvgIpc) is 3.28. The first-order valence-corrected chi connectivity index (χ1v) is 12.5. The SMILES string of the molecule is COc1ccc(NS(=O)(=O)c2cc(C(=O)N3CCCC3Cc3ccccc3)ccc2C)cc1. The summed E-state index contributed by atoms with van der Waals surface area (Å²) in [4.78, 5) is 15.3. The van der Waals surface area contributed by atoms with Crippen molar-refractivity contribution in [2.24, 2.45) is 0 Å². The van der Waals surface area contributed by atoms with Crippen LogP contribution in [0.4, 0.5) is 5.69 Å². The van der Waals surface area contributed by atoms with Gasteiger partial charge in [-0.3, -0.25) is 9.52 Å². The molecule has 0 aliphatic carbocycles. The van der Waals surface area contributed by atoms with Crippen LogP contribution in [-0.4, -0.2) is 38.9 Å². The Morgan fingerprint density at radius 2 is 1.79 bits per heavy atom. The molecule has 1 atom stereocenters. The van der Waals surface area contributed by atoms with Gasteiger partial charge >= 0.3 is 0 Å². The minimum absolute atomic E-state index is 0.1000. The number of ether oxygens (including phenoxy) is 1. The van der Waals surface area contributed by atoms with Crippen LogP contribution < -0.4 is 9.46 Å². The van der Waals surface area contributed by atoms with Crippen LogP contribution in [0.15, 0.2) is 77.7 Å². The van der Waals surface area contributed by atoms with E-state index >= 15 is 0 Å². The Hall–Kier alpha value is -3.32. The number of amides is 1. The fourth-order valence-corrected chi connectivity index (χ4v) is 5.59. The fourth-order valence-electron chi connectivity index (χ4n) is 4.26. The molecule has 7 heteroatoms. The maximum Gasteiger partial charge on any atom is 0.262 e. The second-order valence-electron chi connectivity index (χ2n) is 8.30. The van der Waals surface area contributed by atoms with E-state index in [4.69, 9.17) is 4.74 Å². The third-order valence-corrected chi connectivity index (χ3v) is 7.54. The number of aryl methyl sites for hydroxylation is 1.